The molecule has 0 aliphatic carbocycles. The summed E-state index contributed by atoms with van der Waals surface area (Å²) in [6.07, 6.45) is 0. The average Bonchev–Trinajstić information content (AvgIpc) is 2.62. The van der Waals surface area contributed by atoms with E-state index in [1.54, 1.807) is 12.1 Å². The molecule has 27 heavy (non-hydrogen) atoms. The van der Waals surface area contributed by atoms with Crippen LogP contribution >= 0.6 is 0 Å². The minimum Gasteiger partial charge on any atom is -0.478 e. The van der Waals surface area contributed by atoms with Crippen LogP contribution in [0.3, 0.4) is 0 Å². The molecule has 0 saturated carbocycles. The minimum absolute atomic E-state index is 0.187. The maximum Gasteiger partial charge on any atom is 0.335 e. The van der Waals surface area contributed by atoms with Gasteiger partial charge in [0.2, 0.25) is 10.0 Å². The van der Waals surface area contributed by atoms with Crippen LogP contribution < -0.4 is 0 Å². The van der Waals surface area contributed by atoms with Crippen LogP contribution in [0.2, 0.25) is 0 Å². The van der Waals surface area contributed by atoms with Gasteiger partial charge in [-0.1, -0.05) is 12.1 Å². The molecule has 1 N–H and O–H groups in total. The van der Waals surface area contributed by atoms with Crippen molar-refractivity contribution in [3.8, 4) is 0 Å². The Bertz CT molecular complexity index is 940. The molecule has 0 spiro atoms. The van der Waals surface area contributed by atoms with Crippen molar-refractivity contribution in [2.45, 2.75) is 11.4 Å². The van der Waals surface area contributed by atoms with Gasteiger partial charge in [0.1, 0.15) is 16.5 Å². The Morgan fingerprint density at radius 3 is 2.19 bits per heavy atom. The third kappa shape index (κ3) is 4.32. The lowest BCUT2D eigenvalue weighted by molar-refractivity contribution is 0.0697. The average molecular weight is 396 g/mol. The predicted octanol–water partition coefficient (Wildman–Crippen LogP) is 2.17. The Labute approximate surface area is 155 Å². The first-order valence-electron chi connectivity index (χ1n) is 8.27. The summed E-state index contributed by atoms with van der Waals surface area (Å²) in [4.78, 5) is 12.4. The molecule has 1 fully saturated rings. The number of nitrogens with zero attached hydrogens (tertiary/aromatic N) is 2. The van der Waals surface area contributed by atoms with E-state index in [1.807, 2.05) is 4.90 Å². The van der Waals surface area contributed by atoms with E-state index < -0.39 is 32.5 Å². The van der Waals surface area contributed by atoms with Crippen LogP contribution in [0.4, 0.5) is 8.78 Å². The molecule has 1 saturated heterocycles. The Kier molecular flexibility index (Phi) is 5.54. The van der Waals surface area contributed by atoms with E-state index in [0.29, 0.717) is 25.7 Å². The van der Waals surface area contributed by atoms with Gasteiger partial charge < -0.3 is 5.11 Å². The molecule has 2 aromatic carbocycles. The number of piperazine rings is 1. The smallest absolute Gasteiger partial charge is 0.335 e. The van der Waals surface area contributed by atoms with Gasteiger partial charge in [0, 0.05) is 38.8 Å². The molecule has 0 radical (unpaired) electrons. The van der Waals surface area contributed by atoms with E-state index >= 15 is 0 Å². The summed E-state index contributed by atoms with van der Waals surface area (Å²) in [5.41, 5.74) is 1.12. The van der Waals surface area contributed by atoms with Crippen LogP contribution in [0, 0.1) is 11.6 Å². The standard InChI is InChI=1S/C18H18F2N2O4S/c19-15-5-6-17(16(20)11-15)27(25,26)22-9-7-21(8-10-22)12-13-1-3-14(4-2-13)18(23)24/h1-6,11H,7-10,12H2,(H,23,24). The molecule has 144 valence electrons. The monoisotopic (exact) mass is 396 g/mol. The van der Waals surface area contributed by atoms with Crippen molar-refractivity contribution in [2.24, 2.45) is 0 Å². The SMILES string of the molecule is O=C(O)c1ccc(CN2CCN(S(=O)(=O)c3ccc(F)cc3F)CC2)cc1. The molecule has 1 aliphatic heterocycles. The fraction of sp³-hybridized carbons (Fsp3) is 0.278. The van der Waals surface area contributed by atoms with Gasteiger partial charge in [0.05, 0.1) is 5.56 Å². The van der Waals surface area contributed by atoms with Crippen molar-refractivity contribution in [2.75, 3.05) is 26.2 Å². The quantitative estimate of drug-likeness (QED) is 0.838. The van der Waals surface area contributed by atoms with Crippen LogP contribution in [-0.2, 0) is 16.6 Å². The number of halogens is 2. The van der Waals surface area contributed by atoms with Crippen LogP contribution in [0.1, 0.15) is 15.9 Å². The molecule has 1 aliphatic rings. The minimum atomic E-state index is -4.02. The molecule has 6 nitrogen and oxygen atoms in total. The number of hydrogen-bond acceptors (Lipinski definition) is 4. The van der Waals surface area contributed by atoms with Crippen LogP contribution in [0.15, 0.2) is 47.4 Å². The number of sulfonamides is 1. The van der Waals surface area contributed by atoms with Crippen molar-refractivity contribution >= 4 is 16.0 Å². The first-order valence-corrected chi connectivity index (χ1v) is 9.71. The number of hydrogen-bond donors (Lipinski definition) is 1. The van der Waals surface area contributed by atoms with E-state index in [0.717, 1.165) is 17.7 Å². The van der Waals surface area contributed by atoms with Gasteiger partial charge >= 0.3 is 5.97 Å². The van der Waals surface area contributed by atoms with Crippen molar-refractivity contribution in [3.63, 3.8) is 0 Å². The van der Waals surface area contributed by atoms with Crippen molar-refractivity contribution in [3.05, 3.63) is 65.2 Å². The van der Waals surface area contributed by atoms with Crippen LogP contribution in [0.5, 0.6) is 0 Å². The molecule has 1 heterocycles. The summed E-state index contributed by atoms with van der Waals surface area (Å²) >= 11 is 0. The topological polar surface area (TPSA) is 77.9 Å². The number of benzene rings is 2. The van der Waals surface area contributed by atoms with E-state index in [4.69, 9.17) is 5.11 Å². The Morgan fingerprint density at radius 2 is 1.63 bits per heavy atom. The highest BCUT2D eigenvalue weighted by Gasteiger charge is 2.30. The Morgan fingerprint density at radius 1 is 1.00 bits per heavy atom. The van der Waals surface area contributed by atoms with E-state index in [-0.39, 0.29) is 18.7 Å². The normalized spacial score (nSPS) is 16.4. The zero-order valence-corrected chi connectivity index (χ0v) is 15.1. The summed E-state index contributed by atoms with van der Waals surface area (Å²) in [5.74, 6) is -2.92. The lowest BCUT2D eigenvalue weighted by atomic mass is 10.1. The van der Waals surface area contributed by atoms with Gasteiger partial charge in [-0.15, -0.1) is 0 Å². The summed E-state index contributed by atoms with van der Waals surface area (Å²) in [6.45, 7) is 1.82. The van der Waals surface area contributed by atoms with E-state index in [1.165, 1.54) is 16.4 Å². The molecule has 0 atom stereocenters. The molecule has 0 amide bonds. The second kappa shape index (κ2) is 7.71. The van der Waals surface area contributed by atoms with E-state index in [2.05, 4.69) is 0 Å². The first-order chi connectivity index (χ1) is 12.8. The van der Waals surface area contributed by atoms with E-state index in [9.17, 15) is 22.0 Å². The highest BCUT2D eigenvalue weighted by molar-refractivity contribution is 7.89. The van der Waals surface area contributed by atoms with Gasteiger partial charge in [-0.2, -0.15) is 4.31 Å². The van der Waals surface area contributed by atoms with Gasteiger partial charge in [0.15, 0.2) is 0 Å². The molecule has 2 aromatic rings. The molecule has 3 rings (SSSR count). The third-order valence-electron chi connectivity index (χ3n) is 4.45. The summed E-state index contributed by atoms with van der Waals surface area (Å²) < 4.78 is 53.2. The number of carboxylic acids is 1. The molecule has 0 unspecified atom stereocenters. The number of aromatic carboxylic acids is 1. The second-order valence-electron chi connectivity index (χ2n) is 6.26. The van der Waals surface area contributed by atoms with Gasteiger partial charge in [-0.25, -0.2) is 22.0 Å². The fourth-order valence-electron chi connectivity index (χ4n) is 2.96. The highest BCUT2D eigenvalue weighted by Crippen LogP contribution is 2.22. The van der Waals surface area contributed by atoms with Crippen molar-refractivity contribution < 1.29 is 27.1 Å². The van der Waals surface area contributed by atoms with Gasteiger partial charge in [-0.05, 0) is 29.8 Å². The zero-order chi connectivity index (χ0) is 19.6. The van der Waals surface area contributed by atoms with Crippen LogP contribution in [-0.4, -0.2) is 54.9 Å². The summed E-state index contributed by atoms with van der Waals surface area (Å²) in [7, 11) is -4.02. The molecular weight excluding hydrogens is 378 g/mol. The fourth-order valence-corrected chi connectivity index (χ4v) is 4.43. The molecule has 9 heteroatoms. The third-order valence-corrected chi connectivity index (χ3v) is 6.38. The lowest BCUT2D eigenvalue weighted by Crippen LogP contribution is -2.48. The number of rotatable bonds is 5. The number of carbonyl (C=O) groups is 1. The maximum absolute atomic E-state index is 13.9. The largest absolute Gasteiger partial charge is 0.478 e. The van der Waals surface area contributed by atoms with Crippen molar-refractivity contribution in [1.82, 2.24) is 9.21 Å². The number of carboxylic acid groups (broad SMARTS) is 1. The molecule has 0 aromatic heterocycles. The Balaban J connectivity index is 1.63. The van der Waals surface area contributed by atoms with Gasteiger partial charge in [-0.3, -0.25) is 4.90 Å². The van der Waals surface area contributed by atoms with Crippen molar-refractivity contribution in [1.29, 1.82) is 0 Å². The Hall–Kier alpha value is -2.36. The van der Waals surface area contributed by atoms with Gasteiger partial charge in [0.25, 0.3) is 0 Å². The van der Waals surface area contributed by atoms with Crippen LogP contribution in [0.25, 0.3) is 0 Å². The second-order valence-corrected chi connectivity index (χ2v) is 8.16. The first kappa shape index (κ1) is 19.4. The zero-order valence-electron chi connectivity index (χ0n) is 14.3. The summed E-state index contributed by atoms with van der Waals surface area (Å²) in [5, 5.41) is 8.91. The molecule has 0 bridgehead atoms. The predicted molar refractivity (Wildman–Crippen MR) is 93.8 cm³/mol. The molecular formula is C18H18F2N2O4S. The maximum atomic E-state index is 13.9. The lowest BCUT2D eigenvalue weighted by Gasteiger charge is -2.34. The summed E-state index contributed by atoms with van der Waals surface area (Å²) in [6, 6.07) is 8.92. The highest BCUT2D eigenvalue weighted by atomic mass is 32.2.